The molecule has 1 saturated heterocycles. The summed E-state index contributed by atoms with van der Waals surface area (Å²) >= 11 is 0. The van der Waals surface area contributed by atoms with E-state index in [1.54, 1.807) is 6.26 Å². The molecule has 2 heterocycles. The molecule has 0 amide bonds. The molecular formula is C12H20N4O. The van der Waals surface area contributed by atoms with Crippen LogP contribution in [0.5, 0.6) is 0 Å². The molecule has 1 aromatic rings. The monoisotopic (exact) mass is 236 g/mol. The van der Waals surface area contributed by atoms with Crippen molar-refractivity contribution >= 4 is 6.01 Å². The summed E-state index contributed by atoms with van der Waals surface area (Å²) in [5, 5.41) is 3.08. The third kappa shape index (κ3) is 2.45. The highest BCUT2D eigenvalue weighted by atomic mass is 16.4. The van der Waals surface area contributed by atoms with Crippen molar-refractivity contribution in [3.05, 3.63) is 12.0 Å². The van der Waals surface area contributed by atoms with Crippen LogP contribution in [0.2, 0.25) is 0 Å². The summed E-state index contributed by atoms with van der Waals surface area (Å²) in [6, 6.07) is 1.66. The van der Waals surface area contributed by atoms with Gasteiger partial charge in [-0.3, -0.25) is 4.90 Å². The van der Waals surface area contributed by atoms with E-state index in [4.69, 9.17) is 4.42 Å². The Labute approximate surface area is 102 Å². The molecule has 2 aliphatic rings. The topological polar surface area (TPSA) is 44.5 Å². The van der Waals surface area contributed by atoms with E-state index in [1.807, 2.05) is 7.05 Å². The van der Waals surface area contributed by atoms with E-state index in [-0.39, 0.29) is 0 Å². The Hall–Kier alpha value is -1.07. The fraction of sp³-hybridized carbons (Fsp3) is 0.750. The predicted octanol–water partition coefficient (Wildman–Crippen LogP) is 0.678. The van der Waals surface area contributed by atoms with Gasteiger partial charge in [0.05, 0.1) is 5.69 Å². The lowest BCUT2D eigenvalue weighted by Gasteiger charge is -2.33. The van der Waals surface area contributed by atoms with Crippen LogP contribution in [0.1, 0.15) is 18.5 Å². The quantitative estimate of drug-likeness (QED) is 0.833. The standard InChI is InChI=1S/C12H20N4O/c1-13-8-10-9-17-12(14-10)16-6-4-15(5-7-16)11-2-3-11/h9,11,13H,2-8H2,1H3. The number of hydrogen-bond donors (Lipinski definition) is 1. The summed E-state index contributed by atoms with van der Waals surface area (Å²) in [7, 11) is 1.92. The highest BCUT2D eigenvalue weighted by molar-refractivity contribution is 5.28. The van der Waals surface area contributed by atoms with Gasteiger partial charge in [0.2, 0.25) is 0 Å². The summed E-state index contributed by atoms with van der Waals surface area (Å²) in [5.74, 6) is 0. The van der Waals surface area contributed by atoms with Crippen LogP contribution in [0.3, 0.4) is 0 Å². The molecule has 0 spiro atoms. The van der Waals surface area contributed by atoms with Gasteiger partial charge >= 0.3 is 0 Å². The molecule has 0 aromatic carbocycles. The molecule has 94 valence electrons. The summed E-state index contributed by atoms with van der Waals surface area (Å²) in [6.07, 6.45) is 4.54. The first kappa shape index (κ1) is 11.0. The minimum atomic E-state index is 0.769. The number of nitrogens with zero attached hydrogens (tertiary/aromatic N) is 3. The highest BCUT2D eigenvalue weighted by Crippen LogP contribution is 2.28. The maximum absolute atomic E-state index is 5.52. The second-order valence-corrected chi connectivity index (χ2v) is 4.91. The highest BCUT2D eigenvalue weighted by Gasteiger charge is 2.31. The van der Waals surface area contributed by atoms with Crippen LogP contribution in [0, 0.1) is 0 Å². The number of piperazine rings is 1. The molecule has 1 aliphatic carbocycles. The van der Waals surface area contributed by atoms with Crippen LogP contribution in [-0.2, 0) is 6.54 Å². The number of anilines is 1. The largest absolute Gasteiger partial charge is 0.432 e. The smallest absolute Gasteiger partial charge is 0.297 e. The van der Waals surface area contributed by atoms with Crippen LogP contribution < -0.4 is 10.2 Å². The minimum absolute atomic E-state index is 0.769. The number of rotatable bonds is 4. The zero-order chi connectivity index (χ0) is 11.7. The minimum Gasteiger partial charge on any atom is -0.432 e. The van der Waals surface area contributed by atoms with Crippen LogP contribution >= 0.6 is 0 Å². The van der Waals surface area contributed by atoms with E-state index in [0.717, 1.165) is 50.5 Å². The Bertz CT molecular complexity index is 366. The fourth-order valence-corrected chi connectivity index (χ4v) is 2.42. The third-order valence-electron chi connectivity index (χ3n) is 3.55. The average Bonchev–Trinajstić information content (AvgIpc) is 3.11. The van der Waals surface area contributed by atoms with Gasteiger partial charge in [-0.25, -0.2) is 0 Å². The Kier molecular flexibility index (Phi) is 3.03. The van der Waals surface area contributed by atoms with Crippen LogP contribution in [0.15, 0.2) is 10.7 Å². The van der Waals surface area contributed by atoms with E-state index in [1.165, 1.54) is 12.8 Å². The molecule has 5 heteroatoms. The number of hydrogen-bond acceptors (Lipinski definition) is 5. The van der Waals surface area contributed by atoms with Gasteiger partial charge in [0.1, 0.15) is 6.26 Å². The maximum Gasteiger partial charge on any atom is 0.297 e. The van der Waals surface area contributed by atoms with E-state index in [2.05, 4.69) is 20.1 Å². The Morgan fingerprint density at radius 3 is 2.76 bits per heavy atom. The van der Waals surface area contributed by atoms with Crippen molar-refractivity contribution < 1.29 is 4.42 Å². The van der Waals surface area contributed by atoms with Gasteiger partial charge in [-0.2, -0.15) is 4.98 Å². The first-order valence-corrected chi connectivity index (χ1v) is 6.45. The molecule has 1 saturated carbocycles. The molecule has 0 bridgehead atoms. The van der Waals surface area contributed by atoms with E-state index < -0.39 is 0 Å². The predicted molar refractivity (Wildman–Crippen MR) is 66.1 cm³/mol. The molecule has 0 unspecified atom stereocenters. The van der Waals surface area contributed by atoms with Gasteiger partial charge in [-0.05, 0) is 19.9 Å². The molecule has 17 heavy (non-hydrogen) atoms. The maximum atomic E-state index is 5.52. The molecule has 0 radical (unpaired) electrons. The Balaban J connectivity index is 1.57. The van der Waals surface area contributed by atoms with Gasteiger partial charge < -0.3 is 14.6 Å². The third-order valence-corrected chi connectivity index (χ3v) is 3.55. The van der Waals surface area contributed by atoms with Gasteiger partial charge in [-0.15, -0.1) is 0 Å². The molecule has 1 N–H and O–H groups in total. The summed E-state index contributed by atoms with van der Waals surface area (Å²) in [6.45, 7) is 5.14. The van der Waals surface area contributed by atoms with Crippen molar-refractivity contribution in [3.63, 3.8) is 0 Å². The summed E-state index contributed by atoms with van der Waals surface area (Å²) < 4.78 is 5.52. The lowest BCUT2D eigenvalue weighted by atomic mass is 10.3. The Morgan fingerprint density at radius 1 is 1.35 bits per heavy atom. The first-order valence-electron chi connectivity index (χ1n) is 6.45. The lowest BCUT2D eigenvalue weighted by Crippen LogP contribution is -2.47. The van der Waals surface area contributed by atoms with Crippen LogP contribution in [-0.4, -0.2) is 49.2 Å². The Morgan fingerprint density at radius 2 is 2.12 bits per heavy atom. The lowest BCUT2D eigenvalue weighted by molar-refractivity contribution is 0.243. The zero-order valence-corrected chi connectivity index (χ0v) is 10.4. The van der Waals surface area contributed by atoms with Gasteiger partial charge in [0.25, 0.3) is 6.01 Å². The first-order chi connectivity index (χ1) is 8.36. The van der Waals surface area contributed by atoms with Crippen molar-refractivity contribution in [2.24, 2.45) is 0 Å². The average molecular weight is 236 g/mol. The van der Waals surface area contributed by atoms with Crippen molar-refractivity contribution in [2.45, 2.75) is 25.4 Å². The molecule has 0 atom stereocenters. The van der Waals surface area contributed by atoms with Gasteiger partial charge in [0.15, 0.2) is 0 Å². The van der Waals surface area contributed by atoms with Gasteiger partial charge in [0, 0.05) is 38.8 Å². The van der Waals surface area contributed by atoms with Crippen molar-refractivity contribution in [1.82, 2.24) is 15.2 Å². The molecule has 5 nitrogen and oxygen atoms in total. The summed E-state index contributed by atoms with van der Waals surface area (Å²) in [4.78, 5) is 9.33. The second-order valence-electron chi connectivity index (χ2n) is 4.91. The van der Waals surface area contributed by atoms with Crippen molar-refractivity contribution in [1.29, 1.82) is 0 Å². The molecule has 3 rings (SSSR count). The normalized spacial score (nSPS) is 22.1. The van der Waals surface area contributed by atoms with Crippen molar-refractivity contribution in [3.8, 4) is 0 Å². The van der Waals surface area contributed by atoms with Gasteiger partial charge in [-0.1, -0.05) is 0 Å². The number of oxazole rings is 1. The SMILES string of the molecule is CNCc1coc(N2CCN(C3CC3)CC2)n1. The fourth-order valence-electron chi connectivity index (χ4n) is 2.42. The molecule has 2 fully saturated rings. The van der Waals surface area contributed by atoms with Crippen LogP contribution in [0.25, 0.3) is 0 Å². The second kappa shape index (κ2) is 4.66. The number of nitrogens with one attached hydrogen (secondary N) is 1. The molecule has 1 aromatic heterocycles. The van der Waals surface area contributed by atoms with Crippen LogP contribution in [0.4, 0.5) is 6.01 Å². The van der Waals surface area contributed by atoms with E-state index >= 15 is 0 Å². The molecular weight excluding hydrogens is 216 g/mol. The zero-order valence-electron chi connectivity index (χ0n) is 10.4. The van der Waals surface area contributed by atoms with E-state index in [9.17, 15) is 0 Å². The van der Waals surface area contributed by atoms with E-state index in [0.29, 0.717) is 0 Å². The van der Waals surface area contributed by atoms with Crippen molar-refractivity contribution in [2.75, 3.05) is 38.1 Å². The number of aromatic nitrogens is 1. The summed E-state index contributed by atoms with van der Waals surface area (Å²) in [5.41, 5.74) is 0.979. The molecule has 1 aliphatic heterocycles.